The zero-order valence-electron chi connectivity index (χ0n) is 7.75. The summed E-state index contributed by atoms with van der Waals surface area (Å²) in [6.07, 6.45) is -2.40. The molecule has 0 fully saturated rings. The third kappa shape index (κ3) is 3.81. The van der Waals surface area contributed by atoms with E-state index < -0.39 is 13.0 Å². The summed E-state index contributed by atoms with van der Waals surface area (Å²) in [5.74, 6) is 0. The first-order valence-electron chi connectivity index (χ1n) is 4.36. The van der Waals surface area contributed by atoms with E-state index in [1.807, 2.05) is 24.3 Å². The van der Waals surface area contributed by atoms with Gasteiger partial charge in [0.25, 0.3) is 6.43 Å². The highest BCUT2D eigenvalue weighted by Crippen LogP contribution is 2.05. The summed E-state index contributed by atoms with van der Waals surface area (Å²) in [5.41, 5.74) is 7.30. The van der Waals surface area contributed by atoms with Crippen LogP contribution in [0.4, 0.5) is 8.78 Å². The fourth-order valence-electron chi connectivity index (χ4n) is 1.04. The van der Waals surface area contributed by atoms with Crippen LogP contribution in [0.15, 0.2) is 24.3 Å². The maximum absolute atomic E-state index is 11.7. The average Bonchev–Trinajstić information content (AvgIpc) is 2.18. The molecule has 0 aliphatic carbocycles. The molecule has 0 saturated carbocycles. The van der Waals surface area contributed by atoms with Gasteiger partial charge in [-0.25, -0.2) is 8.78 Å². The van der Waals surface area contributed by atoms with E-state index >= 15 is 0 Å². The third-order valence-corrected chi connectivity index (χ3v) is 1.77. The molecule has 1 aromatic rings. The molecule has 78 valence electrons. The molecule has 0 bridgehead atoms. The molecule has 2 N–H and O–H groups in total. The first-order valence-corrected chi connectivity index (χ1v) is 4.36. The molecule has 2 nitrogen and oxygen atoms in total. The fraction of sp³-hybridized carbons (Fsp3) is 0.400. The zero-order valence-corrected chi connectivity index (χ0v) is 7.75. The minimum absolute atomic E-state index is 0.217. The van der Waals surface area contributed by atoms with Crippen molar-refractivity contribution in [1.29, 1.82) is 0 Å². The van der Waals surface area contributed by atoms with Gasteiger partial charge >= 0.3 is 0 Å². The van der Waals surface area contributed by atoms with Gasteiger partial charge in [0.05, 0.1) is 6.61 Å². The van der Waals surface area contributed by atoms with Crippen LogP contribution < -0.4 is 5.73 Å². The highest BCUT2D eigenvalue weighted by atomic mass is 19.3. The Kier molecular flexibility index (Phi) is 4.49. The number of ether oxygens (including phenoxy) is 1. The Bertz CT molecular complexity index is 261. The molecule has 4 heteroatoms. The van der Waals surface area contributed by atoms with E-state index in [1.54, 1.807) is 0 Å². The number of benzene rings is 1. The molecule has 0 amide bonds. The lowest BCUT2D eigenvalue weighted by Gasteiger charge is -2.04. The molecule has 0 unspecified atom stereocenters. The minimum atomic E-state index is -2.40. The van der Waals surface area contributed by atoms with E-state index in [0.29, 0.717) is 6.54 Å². The van der Waals surface area contributed by atoms with Gasteiger partial charge in [-0.05, 0) is 11.1 Å². The summed E-state index contributed by atoms with van der Waals surface area (Å²) in [4.78, 5) is 0. The Morgan fingerprint density at radius 1 is 1.14 bits per heavy atom. The van der Waals surface area contributed by atoms with Gasteiger partial charge in [-0.3, -0.25) is 0 Å². The Balaban J connectivity index is 2.36. The molecule has 0 aromatic heterocycles. The molecule has 0 heterocycles. The minimum Gasteiger partial charge on any atom is -0.371 e. The van der Waals surface area contributed by atoms with Gasteiger partial charge in [0.2, 0.25) is 0 Å². The summed E-state index contributed by atoms with van der Waals surface area (Å²) < 4.78 is 28.2. The van der Waals surface area contributed by atoms with Crippen molar-refractivity contribution in [3.05, 3.63) is 35.4 Å². The molecule has 0 atom stereocenters. The van der Waals surface area contributed by atoms with Crippen molar-refractivity contribution in [2.24, 2.45) is 5.73 Å². The summed E-state index contributed by atoms with van der Waals surface area (Å²) in [7, 11) is 0. The summed E-state index contributed by atoms with van der Waals surface area (Å²) in [6, 6.07) is 7.38. The highest BCUT2D eigenvalue weighted by Gasteiger charge is 2.01. The molecule has 1 rings (SSSR count). The van der Waals surface area contributed by atoms with E-state index in [4.69, 9.17) is 10.5 Å². The molecule has 0 radical (unpaired) electrons. The Morgan fingerprint density at radius 3 is 2.21 bits per heavy atom. The predicted molar refractivity (Wildman–Crippen MR) is 50.0 cm³/mol. The second-order valence-electron chi connectivity index (χ2n) is 2.93. The SMILES string of the molecule is NCc1ccc(COCC(F)F)cc1. The quantitative estimate of drug-likeness (QED) is 0.790. The third-order valence-electron chi connectivity index (χ3n) is 1.77. The van der Waals surface area contributed by atoms with Crippen LogP contribution in [0, 0.1) is 0 Å². The van der Waals surface area contributed by atoms with Crippen LogP contribution in [0.3, 0.4) is 0 Å². The largest absolute Gasteiger partial charge is 0.371 e. The predicted octanol–water partition coefficient (Wildman–Crippen LogP) is 1.93. The van der Waals surface area contributed by atoms with E-state index in [1.165, 1.54) is 0 Å². The van der Waals surface area contributed by atoms with E-state index in [-0.39, 0.29) is 6.61 Å². The Morgan fingerprint density at radius 2 is 1.71 bits per heavy atom. The van der Waals surface area contributed by atoms with Gasteiger partial charge in [0, 0.05) is 6.54 Å². The van der Waals surface area contributed by atoms with Crippen molar-refractivity contribution in [3.63, 3.8) is 0 Å². The number of alkyl halides is 2. The zero-order chi connectivity index (χ0) is 10.4. The molecule has 0 spiro atoms. The topological polar surface area (TPSA) is 35.2 Å². The van der Waals surface area contributed by atoms with Crippen molar-refractivity contribution in [2.75, 3.05) is 6.61 Å². The maximum atomic E-state index is 11.7. The van der Waals surface area contributed by atoms with Gasteiger partial charge < -0.3 is 10.5 Å². The lowest BCUT2D eigenvalue weighted by Crippen LogP contribution is -2.04. The lowest BCUT2D eigenvalue weighted by atomic mass is 10.1. The van der Waals surface area contributed by atoms with E-state index in [2.05, 4.69) is 0 Å². The van der Waals surface area contributed by atoms with Crippen molar-refractivity contribution in [2.45, 2.75) is 19.6 Å². The molecular formula is C10H13F2NO. The fourth-order valence-corrected chi connectivity index (χ4v) is 1.04. The van der Waals surface area contributed by atoms with Gasteiger partial charge in [-0.2, -0.15) is 0 Å². The van der Waals surface area contributed by atoms with Crippen LogP contribution in [0.5, 0.6) is 0 Å². The number of nitrogens with two attached hydrogens (primary N) is 1. The standard InChI is InChI=1S/C10H13F2NO/c11-10(12)7-14-6-9-3-1-8(5-13)2-4-9/h1-4,10H,5-7,13H2. The molecule has 1 aromatic carbocycles. The number of rotatable bonds is 5. The summed E-state index contributed by atoms with van der Waals surface area (Å²) in [6.45, 7) is 0.187. The van der Waals surface area contributed by atoms with Gasteiger partial charge in [-0.15, -0.1) is 0 Å². The average molecular weight is 201 g/mol. The number of hydrogen-bond donors (Lipinski definition) is 1. The Labute approximate surface area is 81.7 Å². The van der Waals surface area contributed by atoms with Gasteiger partial charge in [0.15, 0.2) is 0 Å². The van der Waals surface area contributed by atoms with Gasteiger partial charge in [0.1, 0.15) is 6.61 Å². The smallest absolute Gasteiger partial charge is 0.261 e. The van der Waals surface area contributed by atoms with E-state index in [0.717, 1.165) is 11.1 Å². The van der Waals surface area contributed by atoms with Crippen molar-refractivity contribution >= 4 is 0 Å². The van der Waals surface area contributed by atoms with Crippen LogP contribution in [0.25, 0.3) is 0 Å². The van der Waals surface area contributed by atoms with Crippen molar-refractivity contribution in [3.8, 4) is 0 Å². The molecule has 0 saturated heterocycles. The first kappa shape index (κ1) is 11.1. The Hall–Kier alpha value is -1.00. The second kappa shape index (κ2) is 5.67. The highest BCUT2D eigenvalue weighted by molar-refractivity contribution is 5.21. The van der Waals surface area contributed by atoms with Gasteiger partial charge in [-0.1, -0.05) is 24.3 Å². The van der Waals surface area contributed by atoms with E-state index in [9.17, 15) is 8.78 Å². The van der Waals surface area contributed by atoms with Crippen LogP contribution in [-0.4, -0.2) is 13.0 Å². The summed E-state index contributed by atoms with van der Waals surface area (Å²) >= 11 is 0. The van der Waals surface area contributed by atoms with Crippen molar-refractivity contribution < 1.29 is 13.5 Å². The molecular weight excluding hydrogens is 188 g/mol. The van der Waals surface area contributed by atoms with Crippen molar-refractivity contribution in [1.82, 2.24) is 0 Å². The summed E-state index contributed by atoms with van der Waals surface area (Å²) in [5, 5.41) is 0. The first-order chi connectivity index (χ1) is 6.72. The lowest BCUT2D eigenvalue weighted by molar-refractivity contribution is 0.00988. The van der Waals surface area contributed by atoms with Crippen LogP contribution in [0.2, 0.25) is 0 Å². The maximum Gasteiger partial charge on any atom is 0.261 e. The number of halogens is 2. The number of hydrogen-bond acceptors (Lipinski definition) is 2. The monoisotopic (exact) mass is 201 g/mol. The second-order valence-corrected chi connectivity index (χ2v) is 2.93. The van der Waals surface area contributed by atoms with Crippen LogP contribution in [0.1, 0.15) is 11.1 Å². The molecule has 0 aliphatic rings. The normalized spacial score (nSPS) is 10.9. The molecule has 14 heavy (non-hydrogen) atoms. The van der Waals surface area contributed by atoms with Crippen LogP contribution in [-0.2, 0) is 17.9 Å². The molecule has 0 aliphatic heterocycles. The van der Waals surface area contributed by atoms with Crippen LogP contribution >= 0.6 is 0 Å².